The second kappa shape index (κ2) is 8.01. The van der Waals surface area contributed by atoms with E-state index in [1.165, 1.54) is 28.6 Å². The molecule has 20 heavy (non-hydrogen) atoms. The molecule has 1 unspecified atom stereocenters. The molecule has 1 atom stereocenters. The first kappa shape index (κ1) is 15.8. The second-order valence-corrected chi connectivity index (χ2v) is 6.39. The smallest absolute Gasteiger partial charge is 0.0510 e. The van der Waals surface area contributed by atoms with Gasteiger partial charge >= 0.3 is 0 Å². The van der Waals surface area contributed by atoms with Crippen molar-refractivity contribution in [3.63, 3.8) is 0 Å². The van der Waals surface area contributed by atoms with E-state index in [9.17, 15) is 0 Å². The minimum Gasteiger partial charge on any atom is -0.396 e. The summed E-state index contributed by atoms with van der Waals surface area (Å²) >= 11 is 3.71. The summed E-state index contributed by atoms with van der Waals surface area (Å²) in [6.45, 7) is 6.52. The van der Waals surface area contributed by atoms with E-state index >= 15 is 0 Å². The van der Waals surface area contributed by atoms with Crippen LogP contribution in [-0.4, -0.2) is 31.3 Å². The van der Waals surface area contributed by atoms with Crippen LogP contribution in [0.5, 0.6) is 0 Å². The highest BCUT2D eigenvalue weighted by Crippen LogP contribution is 2.31. The summed E-state index contributed by atoms with van der Waals surface area (Å²) in [7, 11) is 0. The van der Waals surface area contributed by atoms with E-state index in [1.807, 2.05) is 0 Å². The molecule has 112 valence electrons. The molecule has 0 bridgehead atoms. The molecule has 0 aromatic heterocycles. The molecule has 3 nitrogen and oxygen atoms in total. The molecule has 0 radical (unpaired) electrons. The lowest BCUT2D eigenvalue weighted by atomic mass is 9.94. The van der Waals surface area contributed by atoms with Gasteiger partial charge in [-0.2, -0.15) is 0 Å². The monoisotopic (exact) mass is 340 g/mol. The summed E-state index contributed by atoms with van der Waals surface area (Å²) in [5, 5.41) is 12.5. The van der Waals surface area contributed by atoms with E-state index in [4.69, 9.17) is 5.11 Å². The van der Waals surface area contributed by atoms with Gasteiger partial charge in [0, 0.05) is 30.7 Å². The predicted octanol–water partition coefficient (Wildman–Crippen LogP) is 3.16. The highest BCUT2D eigenvalue weighted by Gasteiger charge is 2.21. The quantitative estimate of drug-likeness (QED) is 0.834. The molecule has 1 aromatic carbocycles. The second-order valence-electron chi connectivity index (χ2n) is 5.53. The number of aliphatic hydroxyl groups excluding tert-OH is 1. The third-order valence-corrected chi connectivity index (χ3v) is 4.62. The van der Waals surface area contributed by atoms with Gasteiger partial charge in [-0.3, -0.25) is 0 Å². The van der Waals surface area contributed by atoms with Crippen LogP contribution in [0.15, 0.2) is 22.7 Å². The predicted molar refractivity (Wildman–Crippen MR) is 88.2 cm³/mol. The van der Waals surface area contributed by atoms with Crippen LogP contribution in [0.25, 0.3) is 0 Å². The van der Waals surface area contributed by atoms with Crippen molar-refractivity contribution in [3.05, 3.63) is 28.2 Å². The van der Waals surface area contributed by atoms with Gasteiger partial charge in [0.05, 0.1) is 5.69 Å². The summed E-state index contributed by atoms with van der Waals surface area (Å²) in [5.41, 5.74) is 2.60. The first-order chi connectivity index (χ1) is 9.74. The highest BCUT2D eigenvalue weighted by atomic mass is 79.9. The molecule has 2 rings (SSSR count). The van der Waals surface area contributed by atoms with Gasteiger partial charge in [0.1, 0.15) is 0 Å². The Morgan fingerprint density at radius 3 is 3.00 bits per heavy atom. The van der Waals surface area contributed by atoms with Crippen molar-refractivity contribution in [2.24, 2.45) is 5.92 Å². The van der Waals surface area contributed by atoms with Gasteiger partial charge in [0.15, 0.2) is 0 Å². The summed E-state index contributed by atoms with van der Waals surface area (Å²) in [5.74, 6) is 0.627. The Bertz CT molecular complexity index is 423. The fourth-order valence-corrected chi connectivity index (χ4v) is 3.57. The highest BCUT2D eigenvalue weighted by molar-refractivity contribution is 9.10. The van der Waals surface area contributed by atoms with E-state index in [0.29, 0.717) is 12.5 Å². The molecular weight excluding hydrogens is 316 g/mol. The number of halogens is 1. The Balaban J connectivity index is 2.04. The van der Waals surface area contributed by atoms with Crippen LogP contribution in [-0.2, 0) is 6.54 Å². The number of benzene rings is 1. The molecule has 0 aliphatic carbocycles. The largest absolute Gasteiger partial charge is 0.396 e. The van der Waals surface area contributed by atoms with E-state index in [-0.39, 0.29) is 0 Å². The Labute approximate surface area is 130 Å². The maximum Gasteiger partial charge on any atom is 0.0510 e. The molecule has 4 heteroatoms. The molecular formula is C16H25BrN2O. The van der Waals surface area contributed by atoms with Crippen molar-refractivity contribution in [2.45, 2.75) is 32.7 Å². The van der Waals surface area contributed by atoms with E-state index < -0.39 is 0 Å². The zero-order valence-corrected chi connectivity index (χ0v) is 13.8. The number of anilines is 1. The minimum atomic E-state index is 0.307. The molecule has 1 fully saturated rings. The molecule has 1 saturated heterocycles. The number of hydrogen-bond acceptors (Lipinski definition) is 3. The van der Waals surface area contributed by atoms with Crippen molar-refractivity contribution in [3.8, 4) is 0 Å². The maximum absolute atomic E-state index is 9.11. The van der Waals surface area contributed by atoms with Gasteiger partial charge in [0.2, 0.25) is 0 Å². The fraction of sp³-hybridized carbons (Fsp3) is 0.625. The number of nitrogens with one attached hydrogen (secondary N) is 1. The molecule has 0 amide bonds. The lowest BCUT2D eigenvalue weighted by molar-refractivity contribution is 0.244. The zero-order valence-electron chi connectivity index (χ0n) is 12.2. The Hall–Kier alpha value is -0.580. The van der Waals surface area contributed by atoms with Crippen molar-refractivity contribution in [2.75, 3.05) is 31.1 Å². The van der Waals surface area contributed by atoms with Gasteiger partial charge in [-0.05, 0) is 65.4 Å². The summed E-state index contributed by atoms with van der Waals surface area (Å²) in [6.07, 6.45) is 3.38. The van der Waals surface area contributed by atoms with Gasteiger partial charge in [0.25, 0.3) is 0 Å². The standard InChI is InChI=1S/C16H25BrN2O/c1-2-18-11-14-5-6-16(15(17)10-14)19-8-3-4-13(12-19)7-9-20/h5-6,10,13,18,20H,2-4,7-9,11-12H2,1H3. The number of piperidine rings is 1. The molecule has 0 spiro atoms. The molecule has 0 saturated carbocycles. The Kier molecular flexibility index (Phi) is 6.33. The normalized spacial score (nSPS) is 19.4. The fourth-order valence-electron chi connectivity index (χ4n) is 2.89. The van der Waals surface area contributed by atoms with Gasteiger partial charge in [-0.25, -0.2) is 0 Å². The van der Waals surface area contributed by atoms with Gasteiger partial charge in [-0.1, -0.05) is 13.0 Å². The van der Waals surface area contributed by atoms with Crippen LogP contribution >= 0.6 is 15.9 Å². The summed E-state index contributed by atoms with van der Waals surface area (Å²) in [4.78, 5) is 2.45. The van der Waals surface area contributed by atoms with Gasteiger partial charge < -0.3 is 15.3 Å². The summed E-state index contributed by atoms with van der Waals surface area (Å²) < 4.78 is 1.18. The third kappa shape index (κ3) is 4.21. The van der Waals surface area contributed by atoms with Crippen LogP contribution in [0.2, 0.25) is 0 Å². The zero-order chi connectivity index (χ0) is 14.4. The number of hydrogen-bond donors (Lipinski definition) is 2. The van der Waals surface area contributed by atoms with E-state index in [1.54, 1.807) is 0 Å². The SMILES string of the molecule is CCNCc1ccc(N2CCCC(CCO)C2)c(Br)c1. The molecule has 1 heterocycles. The number of nitrogens with zero attached hydrogens (tertiary/aromatic N) is 1. The first-order valence-corrected chi connectivity index (χ1v) is 8.38. The maximum atomic E-state index is 9.11. The van der Waals surface area contributed by atoms with Crippen LogP contribution < -0.4 is 10.2 Å². The van der Waals surface area contributed by atoms with Crippen molar-refractivity contribution in [1.29, 1.82) is 0 Å². The van der Waals surface area contributed by atoms with Crippen LogP contribution in [0.3, 0.4) is 0 Å². The Morgan fingerprint density at radius 2 is 2.30 bits per heavy atom. The van der Waals surface area contributed by atoms with Crippen LogP contribution in [0.1, 0.15) is 31.7 Å². The first-order valence-electron chi connectivity index (χ1n) is 7.59. The number of rotatable bonds is 6. The molecule has 2 N–H and O–H groups in total. The van der Waals surface area contributed by atoms with Crippen molar-refractivity contribution >= 4 is 21.6 Å². The molecule has 1 aromatic rings. The average molecular weight is 341 g/mol. The average Bonchev–Trinajstić information content (AvgIpc) is 2.46. The van der Waals surface area contributed by atoms with Crippen molar-refractivity contribution < 1.29 is 5.11 Å². The van der Waals surface area contributed by atoms with Crippen molar-refractivity contribution in [1.82, 2.24) is 5.32 Å². The lowest BCUT2D eigenvalue weighted by Gasteiger charge is -2.35. The number of aliphatic hydroxyl groups is 1. The lowest BCUT2D eigenvalue weighted by Crippen LogP contribution is -2.36. The van der Waals surface area contributed by atoms with Gasteiger partial charge in [-0.15, -0.1) is 0 Å². The van der Waals surface area contributed by atoms with E-state index in [2.05, 4.69) is 51.3 Å². The van der Waals surface area contributed by atoms with E-state index in [0.717, 1.165) is 32.6 Å². The topological polar surface area (TPSA) is 35.5 Å². The third-order valence-electron chi connectivity index (χ3n) is 3.99. The minimum absolute atomic E-state index is 0.307. The van der Waals surface area contributed by atoms with Crippen LogP contribution in [0.4, 0.5) is 5.69 Å². The Morgan fingerprint density at radius 1 is 1.45 bits per heavy atom. The van der Waals surface area contributed by atoms with Crippen LogP contribution in [0, 0.1) is 5.92 Å². The molecule has 1 aliphatic heterocycles. The molecule has 1 aliphatic rings. The summed E-state index contributed by atoms with van der Waals surface area (Å²) in [6, 6.07) is 6.64.